The molecule has 0 amide bonds. The van der Waals surface area contributed by atoms with E-state index in [1.165, 1.54) is 0 Å². The molecular formula is C4H10In. The summed E-state index contributed by atoms with van der Waals surface area (Å²) in [6.07, 6.45) is 0. The first-order chi connectivity index (χ1) is 2.27. The molecule has 29 valence electrons. The average molecular weight is 173 g/mol. The first-order valence-corrected chi connectivity index (χ1v) is 7.26. The molecule has 0 spiro atoms. The zero-order valence-corrected chi connectivity index (χ0v) is 7.45. The molecule has 0 saturated heterocycles. The van der Waals surface area contributed by atoms with Crippen LogP contribution in [0.3, 0.4) is 0 Å². The Morgan fingerprint density at radius 2 is 1.60 bits per heavy atom. The van der Waals surface area contributed by atoms with Gasteiger partial charge in [-0.1, -0.05) is 0 Å². The second-order valence-corrected chi connectivity index (χ2v) is 7.29. The minimum atomic E-state index is -0.00333. The van der Waals surface area contributed by atoms with E-state index in [1.807, 2.05) is 0 Å². The number of hydrogen-bond acceptors (Lipinski definition) is 0. The molecule has 0 nitrogen and oxygen atoms in total. The zero-order valence-electron chi connectivity index (χ0n) is 4.15. The Morgan fingerprint density at radius 3 is 1.60 bits per heavy atom. The standard InChI is InChI=1S/C3H7.CH3.In/c1-3-2;;/h3H,1-2H3;1H3;. The van der Waals surface area contributed by atoms with Crippen LogP contribution < -0.4 is 0 Å². The van der Waals surface area contributed by atoms with E-state index in [-0.39, 0.29) is 22.9 Å². The van der Waals surface area contributed by atoms with Gasteiger partial charge < -0.3 is 0 Å². The van der Waals surface area contributed by atoms with Crippen molar-refractivity contribution in [2.45, 2.75) is 22.2 Å². The molecule has 5 heavy (non-hydrogen) atoms. The summed E-state index contributed by atoms with van der Waals surface area (Å²) in [4.78, 5) is 0. The molecule has 0 rings (SSSR count). The van der Waals surface area contributed by atoms with Crippen LogP contribution in [0.4, 0.5) is 0 Å². The molecule has 0 fully saturated rings. The summed E-state index contributed by atoms with van der Waals surface area (Å²) in [5.74, 6) is 0. The van der Waals surface area contributed by atoms with Gasteiger partial charge in [-0.2, -0.15) is 0 Å². The Morgan fingerprint density at radius 1 is 1.40 bits per heavy atom. The van der Waals surface area contributed by atoms with Gasteiger partial charge in [-0.3, -0.25) is 0 Å². The van der Waals surface area contributed by atoms with E-state index >= 15 is 0 Å². The van der Waals surface area contributed by atoms with E-state index < -0.39 is 0 Å². The van der Waals surface area contributed by atoms with Gasteiger partial charge in [-0.15, -0.1) is 0 Å². The Bertz CT molecular complexity index is 17.6. The Hall–Kier alpha value is 0.870. The van der Waals surface area contributed by atoms with Crippen LogP contribution in [-0.4, -0.2) is 22.9 Å². The monoisotopic (exact) mass is 173 g/mol. The maximum absolute atomic E-state index is 2.39. The Kier molecular flexibility index (Phi) is 3.61. The molecule has 1 heteroatoms. The summed E-state index contributed by atoms with van der Waals surface area (Å²) in [7, 11) is 0. The van der Waals surface area contributed by atoms with Crippen LogP contribution in [0, 0.1) is 0 Å². The molecule has 0 aliphatic carbocycles. The molecule has 0 unspecified atom stereocenters. The number of hydrogen-bond donors (Lipinski definition) is 0. The summed E-state index contributed by atoms with van der Waals surface area (Å²) in [5, 5.41) is 0. The van der Waals surface area contributed by atoms with Crippen LogP contribution in [0.15, 0.2) is 0 Å². The number of rotatable bonds is 1. The summed E-state index contributed by atoms with van der Waals surface area (Å²) < 4.78 is 3.46. The zero-order chi connectivity index (χ0) is 4.28. The summed E-state index contributed by atoms with van der Waals surface area (Å²) in [5.41, 5.74) is 0. The fourth-order valence-corrected chi connectivity index (χ4v) is 0. The molecule has 0 bridgehead atoms. The molecule has 0 aliphatic heterocycles. The summed E-state index contributed by atoms with van der Waals surface area (Å²) >= 11 is -0.00333. The quantitative estimate of drug-likeness (QED) is 0.564. The van der Waals surface area contributed by atoms with Crippen LogP contribution in [0.5, 0.6) is 0 Å². The van der Waals surface area contributed by atoms with Crippen LogP contribution in [0.2, 0.25) is 8.35 Å². The topological polar surface area (TPSA) is 0 Å². The van der Waals surface area contributed by atoms with Crippen molar-refractivity contribution in [2.24, 2.45) is 0 Å². The molecule has 1 radical (unpaired) electrons. The van der Waals surface area contributed by atoms with Crippen LogP contribution in [0.1, 0.15) is 13.8 Å². The van der Waals surface area contributed by atoms with Gasteiger partial charge in [0.15, 0.2) is 0 Å². The second kappa shape index (κ2) is 3.08. The second-order valence-electron chi connectivity index (χ2n) is 1.58. The molecule has 0 aromatic heterocycles. The molecule has 0 heterocycles. The van der Waals surface area contributed by atoms with E-state index in [1.54, 1.807) is 0 Å². The van der Waals surface area contributed by atoms with Gasteiger partial charge in [0.05, 0.1) is 0 Å². The fourth-order valence-electron chi connectivity index (χ4n) is 0. The van der Waals surface area contributed by atoms with Crippen molar-refractivity contribution < 1.29 is 0 Å². The van der Waals surface area contributed by atoms with Crippen molar-refractivity contribution in [1.29, 1.82) is 0 Å². The van der Waals surface area contributed by atoms with E-state index in [0.29, 0.717) is 0 Å². The predicted molar refractivity (Wildman–Crippen MR) is 26.7 cm³/mol. The van der Waals surface area contributed by atoms with Gasteiger partial charge in [0.2, 0.25) is 0 Å². The SMILES string of the molecule is [CH3][In][CH](C)C. The normalized spacial score (nSPS) is 8.80. The first-order valence-electron chi connectivity index (χ1n) is 2.07. The average Bonchev–Trinajstić information content (AvgIpc) is 1.38. The maximum atomic E-state index is 2.39. The third kappa shape index (κ3) is 4.87. The van der Waals surface area contributed by atoms with Gasteiger partial charge in [0, 0.05) is 0 Å². The molecule has 0 saturated carbocycles. The Balaban J connectivity index is 2.54. The van der Waals surface area contributed by atoms with Crippen molar-refractivity contribution in [3.8, 4) is 0 Å². The van der Waals surface area contributed by atoms with Crippen molar-refractivity contribution in [3.63, 3.8) is 0 Å². The van der Waals surface area contributed by atoms with Gasteiger partial charge in [0.1, 0.15) is 0 Å². The Labute approximate surface area is 45.3 Å². The van der Waals surface area contributed by atoms with Crippen molar-refractivity contribution in [2.75, 3.05) is 0 Å². The van der Waals surface area contributed by atoms with E-state index in [4.69, 9.17) is 0 Å². The third-order valence-corrected chi connectivity index (χ3v) is 4.47. The van der Waals surface area contributed by atoms with Crippen molar-refractivity contribution in [3.05, 3.63) is 0 Å². The fraction of sp³-hybridized carbons (Fsp3) is 1.00. The van der Waals surface area contributed by atoms with Crippen molar-refractivity contribution >= 4 is 22.9 Å². The summed E-state index contributed by atoms with van der Waals surface area (Å²) in [6, 6.07) is 0. The van der Waals surface area contributed by atoms with E-state index in [2.05, 4.69) is 18.5 Å². The van der Waals surface area contributed by atoms with Gasteiger partial charge in [-0.05, 0) is 0 Å². The first kappa shape index (κ1) is 5.87. The summed E-state index contributed by atoms with van der Waals surface area (Å²) in [6.45, 7) is 4.61. The van der Waals surface area contributed by atoms with Gasteiger partial charge >= 0.3 is 45.1 Å². The van der Waals surface area contributed by atoms with Gasteiger partial charge in [-0.25, -0.2) is 0 Å². The van der Waals surface area contributed by atoms with Crippen LogP contribution >= 0.6 is 0 Å². The molecule has 0 N–H and O–H groups in total. The van der Waals surface area contributed by atoms with Crippen LogP contribution in [0.25, 0.3) is 0 Å². The molecule has 0 atom stereocenters. The molecule has 0 aromatic rings. The third-order valence-electron chi connectivity index (χ3n) is 0.667. The minimum absolute atomic E-state index is 0.00333. The molecule has 0 aliphatic rings. The van der Waals surface area contributed by atoms with Gasteiger partial charge in [0.25, 0.3) is 0 Å². The molecule has 0 aromatic carbocycles. The predicted octanol–water partition coefficient (Wildman–Crippen LogP) is 1.57. The van der Waals surface area contributed by atoms with Crippen LogP contribution in [-0.2, 0) is 0 Å². The van der Waals surface area contributed by atoms with E-state index in [9.17, 15) is 0 Å². The van der Waals surface area contributed by atoms with Crippen molar-refractivity contribution in [1.82, 2.24) is 0 Å². The molecular weight excluding hydrogens is 163 g/mol. The van der Waals surface area contributed by atoms with E-state index in [0.717, 1.165) is 3.67 Å².